The van der Waals surface area contributed by atoms with Gasteiger partial charge in [0.2, 0.25) is 11.9 Å². The number of amides is 1. The molecular formula is C20H23N5O4. The van der Waals surface area contributed by atoms with E-state index >= 15 is 0 Å². The Morgan fingerprint density at radius 1 is 1.21 bits per heavy atom. The molecule has 0 bridgehead atoms. The number of hydrogen-bond acceptors (Lipinski definition) is 8. The molecule has 0 aliphatic carbocycles. The average Bonchev–Trinajstić information content (AvgIpc) is 3.29. The molecule has 1 fully saturated rings. The number of furan rings is 1. The maximum Gasteiger partial charge on any atom is 0.321 e. The molecular weight excluding hydrogens is 374 g/mol. The molecule has 0 aromatic carbocycles. The molecule has 2 aliphatic heterocycles. The van der Waals surface area contributed by atoms with E-state index in [4.69, 9.17) is 9.15 Å². The third kappa shape index (κ3) is 3.94. The zero-order valence-electron chi connectivity index (χ0n) is 16.2. The van der Waals surface area contributed by atoms with E-state index < -0.39 is 23.8 Å². The Morgan fingerprint density at radius 3 is 2.66 bits per heavy atom. The van der Waals surface area contributed by atoms with Crippen LogP contribution < -0.4 is 10.2 Å². The van der Waals surface area contributed by atoms with Crippen molar-refractivity contribution in [2.45, 2.75) is 13.0 Å². The summed E-state index contributed by atoms with van der Waals surface area (Å²) >= 11 is 0. The van der Waals surface area contributed by atoms with Crippen molar-refractivity contribution < 1.29 is 18.7 Å². The van der Waals surface area contributed by atoms with Gasteiger partial charge >= 0.3 is 5.97 Å². The third-order valence-electron chi connectivity index (χ3n) is 5.02. The number of piperazine rings is 1. The number of rotatable bonds is 4. The first kappa shape index (κ1) is 19.0. The van der Waals surface area contributed by atoms with Gasteiger partial charge in [0.25, 0.3) is 0 Å². The summed E-state index contributed by atoms with van der Waals surface area (Å²) in [5.74, 6) is -0.256. The van der Waals surface area contributed by atoms with Crippen molar-refractivity contribution in [3.8, 4) is 0 Å². The molecule has 1 saturated heterocycles. The molecule has 2 atom stereocenters. The van der Waals surface area contributed by atoms with Gasteiger partial charge in [0.1, 0.15) is 17.6 Å². The van der Waals surface area contributed by atoms with Crippen LogP contribution in [-0.4, -0.2) is 60.5 Å². The SMILES string of the molecule is CCOC(=O)[C@H]1C(=O)NC(N2CCN(c3ccccn3)CC2)=N[C@@H]1c1ccco1. The van der Waals surface area contributed by atoms with Crippen LogP contribution >= 0.6 is 0 Å². The quantitative estimate of drug-likeness (QED) is 0.611. The summed E-state index contributed by atoms with van der Waals surface area (Å²) in [6.45, 7) is 4.74. The fraction of sp³-hybridized carbons (Fsp3) is 0.400. The van der Waals surface area contributed by atoms with Crippen LogP contribution in [0.4, 0.5) is 5.82 Å². The van der Waals surface area contributed by atoms with Crippen LogP contribution in [0, 0.1) is 5.92 Å². The summed E-state index contributed by atoms with van der Waals surface area (Å²) in [4.78, 5) is 38.4. The number of anilines is 1. The second kappa shape index (κ2) is 8.34. The van der Waals surface area contributed by atoms with Gasteiger partial charge in [-0.15, -0.1) is 0 Å². The molecule has 2 aromatic rings. The van der Waals surface area contributed by atoms with Gasteiger partial charge in [0.15, 0.2) is 5.92 Å². The van der Waals surface area contributed by atoms with E-state index in [-0.39, 0.29) is 6.61 Å². The second-order valence-corrected chi connectivity index (χ2v) is 6.79. The van der Waals surface area contributed by atoms with Gasteiger partial charge in [-0.2, -0.15) is 0 Å². The van der Waals surface area contributed by atoms with E-state index in [1.54, 1.807) is 25.3 Å². The van der Waals surface area contributed by atoms with Gasteiger partial charge in [-0.3, -0.25) is 14.9 Å². The fourth-order valence-corrected chi connectivity index (χ4v) is 3.57. The lowest BCUT2D eigenvalue weighted by Crippen LogP contribution is -2.57. The van der Waals surface area contributed by atoms with Gasteiger partial charge < -0.3 is 19.0 Å². The predicted molar refractivity (Wildman–Crippen MR) is 105 cm³/mol. The number of aromatic nitrogens is 1. The lowest BCUT2D eigenvalue weighted by Gasteiger charge is -2.39. The first-order chi connectivity index (χ1) is 14.2. The number of pyridine rings is 1. The lowest BCUT2D eigenvalue weighted by molar-refractivity contribution is -0.153. The topological polar surface area (TPSA) is 100 Å². The average molecular weight is 397 g/mol. The first-order valence-electron chi connectivity index (χ1n) is 9.67. The number of guanidine groups is 1. The van der Waals surface area contributed by atoms with Gasteiger partial charge in [-0.1, -0.05) is 6.07 Å². The van der Waals surface area contributed by atoms with Crippen molar-refractivity contribution in [2.75, 3.05) is 37.7 Å². The monoisotopic (exact) mass is 397 g/mol. The Morgan fingerprint density at radius 2 is 2.00 bits per heavy atom. The maximum atomic E-state index is 12.8. The van der Waals surface area contributed by atoms with Crippen molar-refractivity contribution >= 4 is 23.7 Å². The predicted octanol–water partition coefficient (Wildman–Crippen LogP) is 1.20. The van der Waals surface area contributed by atoms with Crippen molar-refractivity contribution in [3.63, 3.8) is 0 Å². The maximum absolute atomic E-state index is 12.8. The summed E-state index contributed by atoms with van der Waals surface area (Å²) < 4.78 is 10.5. The summed E-state index contributed by atoms with van der Waals surface area (Å²) in [5, 5.41) is 2.78. The van der Waals surface area contributed by atoms with Gasteiger partial charge in [-0.05, 0) is 31.2 Å². The molecule has 2 aromatic heterocycles. The van der Waals surface area contributed by atoms with Crippen LogP contribution in [-0.2, 0) is 14.3 Å². The number of nitrogens with zero attached hydrogens (tertiary/aromatic N) is 4. The molecule has 0 spiro atoms. The highest BCUT2D eigenvalue weighted by atomic mass is 16.5. The zero-order valence-corrected chi connectivity index (χ0v) is 16.2. The number of carbonyl (C=O) groups is 2. The Hall–Kier alpha value is -3.36. The molecule has 152 valence electrons. The van der Waals surface area contributed by atoms with E-state index in [2.05, 4.69) is 20.2 Å². The highest BCUT2D eigenvalue weighted by molar-refractivity contribution is 6.08. The van der Waals surface area contributed by atoms with E-state index in [0.29, 0.717) is 24.8 Å². The van der Waals surface area contributed by atoms with Crippen molar-refractivity contribution in [2.24, 2.45) is 10.9 Å². The summed E-state index contributed by atoms with van der Waals surface area (Å²) in [6, 6.07) is 8.51. The van der Waals surface area contributed by atoms with Crippen LogP contribution in [0.15, 0.2) is 52.2 Å². The lowest BCUT2D eigenvalue weighted by atomic mass is 9.95. The van der Waals surface area contributed by atoms with Crippen LogP contribution in [0.2, 0.25) is 0 Å². The summed E-state index contributed by atoms with van der Waals surface area (Å²) in [5.41, 5.74) is 0. The largest absolute Gasteiger partial charge is 0.467 e. The second-order valence-electron chi connectivity index (χ2n) is 6.79. The molecule has 0 saturated carbocycles. The normalized spacial score (nSPS) is 22.1. The minimum atomic E-state index is -1.07. The third-order valence-corrected chi connectivity index (χ3v) is 5.02. The first-order valence-corrected chi connectivity index (χ1v) is 9.67. The Bertz CT molecular complexity index is 876. The number of hydrogen-bond donors (Lipinski definition) is 1. The zero-order chi connectivity index (χ0) is 20.2. The fourth-order valence-electron chi connectivity index (χ4n) is 3.57. The highest BCUT2D eigenvalue weighted by Crippen LogP contribution is 2.31. The molecule has 2 aliphatic rings. The minimum Gasteiger partial charge on any atom is -0.467 e. The molecule has 1 amide bonds. The van der Waals surface area contributed by atoms with Crippen molar-refractivity contribution in [1.29, 1.82) is 0 Å². The summed E-state index contributed by atoms with van der Waals surface area (Å²) in [6.07, 6.45) is 3.28. The van der Waals surface area contributed by atoms with Crippen LogP contribution in [0.25, 0.3) is 0 Å². The highest BCUT2D eigenvalue weighted by Gasteiger charge is 2.43. The van der Waals surface area contributed by atoms with Crippen LogP contribution in [0.1, 0.15) is 18.7 Å². The number of aliphatic imine (C=N–C) groups is 1. The van der Waals surface area contributed by atoms with Crippen LogP contribution in [0.5, 0.6) is 0 Å². The number of esters is 1. The van der Waals surface area contributed by atoms with E-state index in [9.17, 15) is 9.59 Å². The Labute approximate surface area is 168 Å². The molecule has 4 rings (SSSR count). The molecule has 0 unspecified atom stereocenters. The smallest absolute Gasteiger partial charge is 0.321 e. The molecule has 29 heavy (non-hydrogen) atoms. The summed E-state index contributed by atoms with van der Waals surface area (Å²) in [7, 11) is 0. The van der Waals surface area contributed by atoms with E-state index in [1.807, 2.05) is 23.1 Å². The molecule has 9 nitrogen and oxygen atoms in total. The van der Waals surface area contributed by atoms with Crippen LogP contribution in [0.3, 0.4) is 0 Å². The van der Waals surface area contributed by atoms with E-state index in [0.717, 1.165) is 18.9 Å². The van der Waals surface area contributed by atoms with Gasteiger partial charge in [0.05, 0.1) is 12.9 Å². The number of carbonyl (C=O) groups excluding carboxylic acids is 2. The number of ether oxygens (including phenoxy) is 1. The van der Waals surface area contributed by atoms with Gasteiger partial charge in [-0.25, -0.2) is 9.98 Å². The standard InChI is InChI=1S/C20H23N5O4/c1-2-28-19(27)16-17(14-6-5-13-29-14)22-20(23-18(16)26)25-11-9-24(10-12-25)15-7-3-4-8-21-15/h3-8,13,16-17H,2,9-12H2,1H3,(H,22,23,26)/t16-,17-/m1/s1. The van der Waals surface area contributed by atoms with Crippen molar-refractivity contribution in [1.82, 2.24) is 15.2 Å². The van der Waals surface area contributed by atoms with Crippen molar-refractivity contribution in [3.05, 3.63) is 48.6 Å². The minimum absolute atomic E-state index is 0.194. The Balaban J connectivity index is 1.53. The van der Waals surface area contributed by atoms with E-state index in [1.165, 1.54) is 6.26 Å². The molecule has 4 heterocycles. The number of nitrogens with one attached hydrogen (secondary N) is 1. The Kier molecular flexibility index (Phi) is 5.46. The molecule has 1 N–H and O–H groups in total. The molecule has 9 heteroatoms. The molecule has 0 radical (unpaired) electrons. The van der Waals surface area contributed by atoms with Gasteiger partial charge in [0, 0.05) is 32.4 Å².